The monoisotopic (exact) mass is 349 g/mol. The Balaban J connectivity index is 1.50. The molecule has 0 unspecified atom stereocenters. The summed E-state index contributed by atoms with van der Waals surface area (Å²) in [5, 5.41) is 21.1. The van der Waals surface area contributed by atoms with E-state index in [2.05, 4.69) is 57.7 Å². The second-order valence-corrected chi connectivity index (χ2v) is 7.33. The highest BCUT2D eigenvalue weighted by atomic mass is 15.2. The van der Waals surface area contributed by atoms with E-state index in [1.54, 1.807) is 0 Å². The van der Waals surface area contributed by atoms with Gasteiger partial charge < -0.3 is 5.32 Å². The Morgan fingerprint density at radius 2 is 1.81 bits per heavy atom. The molecule has 26 heavy (non-hydrogen) atoms. The third-order valence-corrected chi connectivity index (χ3v) is 5.36. The van der Waals surface area contributed by atoms with Crippen molar-refractivity contribution >= 4 is 5.82 Å². The molecule has 0 amide bonds. The Labute approximate surface area is 156 Å². The lowest BCUT2D eigenvalue weighted by Gasteiger charge is -2.32. The summed E-state index contributed by atoms with van der Waals surface area (Å²) in [4.78, 5) is 2.53. The van der Waals surface area contributed by atoms with Gasteiger partial charge in [0.15, 0.2) is 5.82 Å². The topological polar surface area (TPSA) is 64.8 Å². The number of rotatable bonds is 5. The summed E-state index contributed by atoms with van der Waals surface area (Å²) in [6.45, 7) is 10.0. The lowest BCUT2D eigenvalue weighted by molar-refractivity contribution is 0.182. The van der Waals surface area contributed by atoms with E-state index in [-0.39, 0.29) is 0 Å². The van der Waals surface area contributed by atoms with Gasteiger partial charge in [-0.15, -0.1) is 5.10 Å². The van der Waals surface area contributed by atoms with Gasteiger partial charge in [0.1, 0.15) is 11.6 Å². The van der Waals surface area contributed by atoms with Gasteiger partial charge in [-0.1, -0.05) is 29.8 Å². The molecule has 1 aliphatic heterocycles. The Kier molecular flexibility index (Phi) is 5.85. The van der Waals surface area contributed by atoms with Gasteiger partial charge in [0.25, 0.3) is 0 Å². The number of hydrogen-bond acceptors (Lipinski definition) is 5. The first kappa shape index (κ1) is 18.3. The Hall–Kier alpha value is -2.45. The van der Waals surface area contributed by atoms with Crippen LogP contribution >= 0.6 is 0 Å². The van der Waals surface area contributed by atoms with Gasteiger partial charge in [-0.05, 0) is 63.7 Å². The molecule has 0 bridgehead atoms. The number of benzene rings is 1. The summed E-state index contributed by atoms with van der Waals surface area (Å²) in [5.41, 5.74) is 5.05. The van der Waals surface area contributed by atoms with Crippen molar-refractivity contribution in [2.45, 2.75) is 40.2 Å². The number of hydrogen-bond donors (Lipinski definition) is 1. The lowest BCUT2D eigenvalue weighted by atomic mass is 9.96. The largest absolute Gasteiger partial charge is 0.367 e. The molecular weight excluding hydrogens is 322 g/mol. The number of aryl methyl sites for hydroxylation is 2. The summed E-state index contributed by atoms with van der Waals surface area (Å²) in [6.07, 6.45) is 2.33. The molecule has 0 atom stereocenters. The quantitative estimate of drug-likeness (QED) is 0.893. The molecule has 1 saturated heterocycles. The molecule has 136 valence electrons. The molecule has 0 saturated carbocycles. The number of aromatic nitrogens is 2. The molecule has 1 aliphatic rings. The van der Waals surface area contributed by atoms with Crippen LogP contribution in [0.15, 0.2) is 24.3 Å². The first-order valence-corrected chi connectivity index (χ1v) is 9.32. The maximum Gasteiger partial charge on any atom is 0.166 e. The highest BCUT2D eigenvalue weighted by Gasteiger charge is 2.20. The fourth-order valence-electron chi connectivity index (χ4n) is 3.41. The molecule has 5 nitrogen and oxygen atoms in total. The fourth-order valence-corrected chi connectivity index (χ4v) is 3.41. The van der Waals surface area contributed by atoms with Crippen LogP contribution in [0.1, 0.15) is 40.8 Å². The van der Waals surface area contributed by atoms with E-state index < -0.39 is 0 Å². The first-order chi connectivity index (χ1) is 12.6. The van der Waals surface area contributed by atoms with E-state index in [1.807, 2.05) is 13.8 Å². The molecule has 2 aromatic rings. The van der Waals surface area contributed by atoms with Gasteiger partial charge in [-0.25, -0.2) is 0 Å². The predicted octanol–water partition coefficient (Wildman–Crippen LogP) is 3.60. The van der Waals surface area contributed by atoms with E-state index in [4.69, 9.17) is 0 Å². The van der Waals surface area contributed by atoms with Crippen LogP contribution in [0.4, 0.5) is 5.82 Å². The second kappa shape index (κ2) is 8.29. The summed E-state index contributed by atoms with van der Waals surface area (Å²) in [7, 11) is 0. The maximum atomic E-state index is 9.39. The molecule has 2 heterocycles. The molecule has 1 N–H and O–H groups in total. The molecule has 0 radical (unpaired) electrons. The van der Waals surface area contributed by atoms with Crippen molar-refractivity contribution in [3.8, 4) is 6.07 Å². The van der Waals surface area contributed by atoms with Crippen LogP contribution in [0, 0.1) is 38.0 Å². The number of nitrogens with one attached hydrogen (secondary N) is 1. The molecule has 1 aromatic carbocycles. The molecule has 1 aromatic heterocycles. The van der Waals surface area contributed by atoms with Crippen molar-refractivity contribution in [2.75, 3.05) is 25.0 Å². The maximum absolute atomic E-state index is 9.39. The van der Waals surface area contributed by atoms with Gasteiger partial charge in [0.05, 0.1) is 5.69 Å². The van der Waals surface area contributed by atoms with E-state index in [1.165, 1.54) is 24.0 Å². The first-order valence-electron chi connectivity index (χ1n) is 9.32. The van der Waals surface area contributed by atoms with Gasteiger partial charge >= 0.3 is 0 Å². The van der Waals surface area contributed by atoms with Crippen molar-refractivity contribution in [1.82, 2.24) is 15.1 Å². The fraction of sp³-hybridized carbons (Fsp3) is 0.476. The molecule has 0 aliphatic carbocycles. The highest BCUT2D eigenvalue weighted by Crippen LogP contribution is 2.22. The predicted molar refractivity (Wildman–Crippen MR) is 104 cm³/mol. The minimum Gasteiger partial charge on any atom is -0.367 e. The van der Waals surface area contributed by atoms with Crippen LogP contribution in [0.25, 0.3) is 0 Å². The van der Waals surface area contributed by atoms with Crippen LogP contribution in [0.3, 0.4) is 0 Å². The van der Waals surface area contributed by atoms with Crippen molar-refractivity contribution in [3.05, 3.63) is 52.2 Å². The minimum atomic E-state index is 0.610. The number of nitriles is 1. The molecule has 1 fully saturated rings. The van der Waals surface area contributed by atoms with Crippen LogP contribution in [0.2, 0.25) is 0 Å². The van der Waals surface area contributed by atoms with Gasteiger partial charge in [0.2, 0.25) is 0 Å². The zero-order valence-electron chi connectivity index (χ0n) is 15.9. The van der Waals surface area contributed by atoms with Crippen molar-refractivity contribution in [3.63, 3.8) is 0 Å². The van der Waals surface area contributed by atoms with Gasteiger partial charge in [-0.3, -0.25) is 4.90 Å². The second-order valence-electron chi connectivity index (χ2n) is 7.33. The highest BCUT2D eigenvalue weighted by molar-refractivity contribution is 5.55. The third kappa shape index (κ3) is 4.39. The number of piperidine rings is 1. The van der Waals surface area contributed by atoms with Gasteiger partial charge in [-0.2, -0.15) is 10.4 Å². The van der Waals surface area contributed by atoms with Gasteiger partial charge in [0, 0.05) is 13.1 Å². The normalized spacial score (nSPS) is 15.6. The van der Waals surface area contributed by atoms with E-state index in [0.29, 0.717) is 17.3 Å². The zero-order chi connectivity index (χ0) is 18.5. The van der Waals surface area contributed by atoms with Crippen LogP contribution in [-0.2, 0) is 6.54 Å². The number of anilines is 1. The molecule has 3 rings (SSSR count). The summed E-state index contributed by atoms with van der Waals surface area (Å²) in [6, 6.07) is 11.1. The smallest absolute Gasteiger partial charge is 0.166 e. The van der Waals surface area contributed by atoms with Crippen LogP contribution in [0.5, 0.6) is 0 Å². The number of nitrogens with zero attached hydrogens (tertiary/aromatic N) is 4. The average Bonchev–Trinajstić information content (AvgIpc) is 2.66. The standard InChI is InChI=1S/C21H27N5/c1-15-4-6-19(7-5-15)14-26-10-8-18(9-11-26)13-23-21-20(12-22)16(2)17(3)24-25-21/h4-7,18H,8-11,13-14H2,1-3H3,(H,23,25). The lowest BCUT2D eigenvalue weighted by Crippen LogP contribution is -2.35. The Bertz CT molecular complexity index is 783. The van der Waals surface area contributed by atoms with E-state index >= 15 is 0 Å². The van der Waals surface area contributed by atoms with E-state index in [9.17, 15) is 5.26 Å². The SMILES string of the molecule is Cc1ccc(CN2CCC(CNc3nnc(C)c(C)c3C#N)CC2)cc1. The Morgan fingerprint density at radius 1 is 1.12 bits per heavy atom. The van der Waals surface area contributed by atoms with Crippen molar-refractivity contribution in [2.24, 2.45) is 5.92 Å². The Morgan fingerprint density at radius 3 is 2.46 bits per heavy atom. The third-order valence-electron chi connectivity index (χ3n) is 5.36. The molecule has 0 spiro atoms. The van der Waals surface area contributed by atoms with Crippen molar-refractivity contribution in [1.29, 1.82) is 5.26 Å². The van der Waals surface area contributed by atoms with Crippen LogP contribution in [-0.4, -0.2) is 34.7 Å². The van der Waals surface area contributed by atoms with E-state index in [0.717, 1.165) is 37.4 Å². The number of likely N-dealkylation sites (tertiary alicyclic amines) is 1. The average molecular weight is 349 g/mol. The summed E-state index contributed by atoms with van der Waals surface area (Å²) >= 11 is 0. The molecular formula is C21H27N5. The summed E-state index contributed by atoms with van der Waals surface area (Å²) < 4.78 is 0. The molecule has 5 heteroatoms. The van der Waals surface area contributed by atoms with Crippen molar-refractivity contribution < 1.29 is 0 Å². The zero-order valence-corrected chi connectivity index (χ0v) is 15.9. The van der Waals surface area contributed by atoms with Crippen LogP contribution < -0.4 is 5.32 Å². The minimum absolute atomic E-state index is 0.610. The summed E-state index contributed by atoms with van der Waals surface area (Å²) in [5.74, 6) is 1.23.